The maximum absolute atomic E-state index is 9.98. The third-order valence-electron chi connectivity index (χ3n) is 7.47. The largest absolute Gasteiger partial charge is 0.272 e. The Kier molecular flexibility index (Phi) is 5.09. The molecule has 0 atom stereocenters. The van der Waals surface area contributed by atoms with Crippen LogP contribution in [0.1, 0.15) is 11.4 Å². The molecule has 0 saturated heterocycles. The summed E-state index contributed by atoms with van der Waals surface area (Å²) in [6.07, 6.45) is 0. The maximum atomic E-state index is 9.98. The van der Waals surface area contributed by atoms with Crippen molar-refractivity contribution < 1.29 is 0 Å². The molecule has 0 bridgehead atoms. The van der Waals surface area contributed by atoms with Gasteiger partial charge >= 0.3 is 0 Å². The third kappa shape index (κ3) is 3.40. The Hall–Kier alpha value is -6.38. The van der Waals surface area contributed by atoms with E-state index in [0.29, 0.717) is 34.3 Å². The predicted octanol–water partition coefficient (Wildman–Crippen LogP) is 7.72. The van der Waals surface area contributed by atoms with Crippen LogP contribution in [0.5, 0.6) is 0 Å². The van der Waals surface area contributed by atoms with Crippen molar-refractivity contribution in [1.82, 2.24) is 19.9 Å². The van der Waals surface area contributed by atoms with E-state index in [0.717, 1.165) is 32.9 Å². The molecule has 0 spiro atoms. The van der Waals surface area contributed by atoms with E-state index in [-0.39, 0.29) is 11.4 Å². The van der Waals surface area contributed by atoms with Gasteiger partial charge < -0.3 is 0 Å². The average molecular weight is 539 g/mol. The molecular weight excluding hydrogens is 520 g/mol. The van der Waals surface area contributed by atoms with Crippen LogP contribution in [0, 0.1) is 22.7 Å². The van der Waals surface area contributed by atoms with Gasteiger partial charge in [0.1, 0.15) is 12.1 Å². The zero-order chi connectivity index (χ0) is 28.2. The molecule has 0 fully saturated rings. The van der Waals surface area contributed by atoms with Gasteiger partial charge in [0.2, 0.25) is 0 Å². The standard InChI is InChI=1S/C34H18N8/c35-19-27-28(20-36)40-34-33(39-27)41(29-17-7-11-21-9-1-3-13-23(21)29)31-32(38-26-16-6-5-15-25(26)37-31)42(34)30-18-8-12-22-10-2-4-14-24(22)30/h1-18H. The van der Waals surface area contributed by atoms with Crippen LogP contribution in [0.3, 0.4) is 0 Å². The molecule has 0 radical (unpaired) electrons. The van der Waals surface area contributed by atoms with Crippen molar-refractivity contribution in [3.05, 3.63) is 121 Å². The van der Waals surface area contributed by atoms with Gasteiger partial charge in [0.15, 0.2) is 34.7 Å². The Morgan fingerprint density at radius 3 is 1.26 bits per heavy atom. The molecule has 0 amide bonds. The normalized spacial score (nSPS) is 12.1. The van der Waals surface area contributed by atoms with Crippen LogP contribution in [0.15, 0.2) is 109 Å². The van der Waals surface area contributed by atoms with Crippen LogP contribution >= 0.6 is 0 Å². The zero-order valence-corrected chi connectivity index (χ0v) is 22.0. The van der Waals surface area contributed by atoms with E-state index in [1.165, 1.54) is 0 Å². The molecule has 7 aromatic rings. The second-order valence-corrected chi connectivity index (χ2v) is 9.82. The van der Waals surface area contributed by atoms with Crippen LogP contribution in [-0.2, 0) is 0 Å². The summed E-state index contributed by atoms with van der Waals surface area (Å²) >= 11 is 0. The molecule has 0 unspecified atom stereocenters. The Labute approximate surface area is 240 Å². The van der Waals surface area contributed by atoms with Crippen LogP contribution in [0.25, 0.3) is 32.6 Å². The number of aromatic nitrogens is 4. The smallest absolute Gasteiger partial charge is 0.184 e. The highest BCUT2D eigenvalue weighted by atomic mass is 15.4. The highest BCUT2D eigenvalue weighted by molar-refractivity contribution is 6.08. The fourth-order valence-electron chi connectivity index (χ4n) is 5.62. The zero-order valence-electron chi connectivity index (χ0n) is 22.0. The van der Waals surface area contributed by atoms with Crippen molar-refractivity contribution in [2.24, 2.45) is 0 Å². The monoisotopic (exact) mass is 538 g/mol. The fraction of sp³-hybridized carbons (Fsp3) is 0. The van der Waals surface area contributed by atoms with Crippen molar-refractivity contribution in [2.75, 3.05) is 9.80 Å². The third-order valence-corrected chi connectivity index (χ3v) is 7.47. The van der Waals surface area contributed by atoms with Gasteiger partial charge in [0.25, 0.3) is 0 Å². The Bertz CT molecular complexity index is 2140. The summed E-state index contributed by atoms with van der Waals surface area (Å²) in [4.78, 5) is 23.6. The number of hydrogen-bond donors (Lipinski definition) is 0. The highest BCUT2D eigenvalue weighted by Gasteiger charge is 2.38. The topological polar surface area (TPSA) is 106 Å². The molecule has 1 aliphatic rings. The van der Waals surface area contributed by atoms with Gasteiger partial charge in [-0.3, -0.25) is 9.80 Å². The van der Waals surface area contributed by atoms with E-state index < -0.39 is 0 Å². The van der Waals surface area contributed by atoms with Crippen LogP contribution in [0.4, 0.5) is 34.6 Å². The molecule has 8 nitrogen and oxygen atoms in total. The maximum Gasteiger partial charge on any atom is 0.184 e. The van der Waals surface area contributed by atoms with Crippen LogP contribution in [-0.4, -0.2) is 19.9 Å². The minimum absolute atomic E-state index is 0.0587. The lowest BCUT2D eigenvalue weighted by atomic mass is 10.1. The van der Waals surface area contributed by atoms with Crippen LogP contribution in [0.2, 0.25) is 0 Å². The highest BCUT2D eigenvalue weighted by Crippen LogP contribution is 2.53. The Morgan fingerprint density at radius 1 is 0.429 bits per heavy atom. The first kappa shape index (κ1) is 23.5. The summed E-state index contributed by atoms with van der Waals surface area (Å²) in [5, 5.41) is 24.0. The first-order valence-corrected chi connectivity index (χ1v) is 13.3. The minimum atomic E-state index is -0.0587. The van der Waals surface area contributed by atoms with Gasteiger partial charge in [-0.15, -0.1) is 0 Å². The summed E-state index contributed by atoms with van der Waals surface area (Å²) in [5.41, 5.74) is 2.92. The fourth-order valence-corrected chi connectivity index (χ4v) is 5.62. The summed E-state index contributed by atoms with van der Waals surface area (Å²) < 4.78 is 0. The first-order valence-electron chi connectivity index (χ1n) is 13.3. The van der Waals surface area contributed by atoms with Crippen molar-refractivity contribution in [1.29, 1.82) is 10.5 Å². The van der Waals surface area contributed by atoms with Gasteiger partial charge in [-0.2, -0.15) is 10.5 Å². The lowest BCUT2D eigenvalue weighted by Gasteiger charge is -2.37. The van der Waals surface area contributed by atoms with Gasteiger partial charge in [0, 0.05) is 10.8 Å². The molecule has 42 heavy (non-hydrogen) atoms. The second kappa shape index (κ2) is 9.09. The number of fused-ring (bicyclic) bond motifs is 5. The molecule has 0 saturated carbocycles. The molecule has 0 N–H and O–H groups in total. The number of hydrogen-bond acceptors (Lipinski definition) is 8. The second-order valence-electron chi connectivity index (χ2n) is 9.82. The van der Waals surface area contributed by atoms with E-state index in [4.69, 9.17) is 19.9 Å². The number of rotatable bonds is 2. The van der Waals surface area contributed by atoms with Crippen molar-refractivity contribution in [2.45, 2.75) is 0 Å². The number of para-hydroxylation sites is 2. The van der Waals surface area contributed by atoms with Gasteiger partial charge in [0.05, 0.1) is 22.4 Å². The number of anilines is 6. The molecule has 8 rings (SSSR count). The van der Waals surface area contributed by atoms with Crippen molar-refractivity contribution in [3.8, 4) is 12.1 Å². The van der Waals surface area contributed by atoms with E-state index >= 15 is 0 Å². The summed E-state index contributed by atoms with van der Waals surface area (Å²) in [7, 11) is 0. The van der Waals surface area contributed by atoms with E-state index in [2.05, 4.69) is 12.1 Å². The molecule has 1 aliphatic heterocycles. The molecule has 8 heteroatoms. The SMILES string of the molecule is N#Cc1nc2c(nc1C#N)N(c1cccc3ccccc13)c1nc3ccccc3nc1N2c1cccc2ccccc12. The van der Waals surface area contributed by atoms with E-state index in [9.17, 15) is 10.5 Å². The molecule has 3 heterocycles. The van der Waals surface area contributed by atoms with E-state index in [1.807, 2.05) is 119 Å². The van der Waals surface area contributed by atoms with Crippen LogP contribution < -0.4 is 9.80 Å². The Balaban J connectivity index is 1.55. The average Bonchev–Trinajstić information content (AvgIpc) is 3.05. The molecular formula is C34H18N8. The lowest BCUT2D eigenvalue weighted by molar-refractivity contribution is 0.993. The van der Waals surface area contributed by atoms with E-state index in [1.54, 1.807) is 0 Å². The summed E-state index contributed by atoms with van der Waals surface area (Å²) in [6.45, 7) is 0. The Morgan fingerprint density at radius 2 is 0.810 bits per heavy atom. The molecule has 5 aromatic carbocycles. The van der Waals surface area contributed by atoms with Crippen molar-refractivity contribution in [3.63, 3.8) is 0 Å². The number of benzene rings is 5. The van der Waals surface area contributed by atoms with Gasteiger partial charge in [-0.1, -0.05) is 84.9 Å². The predicted molar refractivity (Wildman–Crippen MR) is 162 cm³/mol. The number of nitrogens with zero attached hydrogens (tertiary/aromatic N) is 8. The lowest BCUT2D eigenvalue weighted by Crippen LogP contribution is -2.29. The number of nitriles is 2. The minimum Gasteiger partial charge on any atom is -0.272 e. The molecule has 194 valence electrons. The van der Waals surface area contributed by atoms with Gasteiger partial charge in [-0.25, -0.2) is 19.9 Å². The molecule has 0 aliphatic carbocycles. The summed E-state index contributed by atoms with van der Waals surface area (Å²) in [5.74, 6) is 1.83. The van der Waals surface area contributed by atoms with Gasteiger partial charge in [-0.05, 0) is 35.0 Å². The summed E-state index contributed by atoms with van der Waals surface area (Å²) in [6, 6.07) is 40.0. The molecule has 2 aromatic heterocycles. The first-order chi connectivity index (χ1) is 20.7. The van der Waals surface area contributed by atoms with Crippen molar-refractivity contribution >= 4 is 67.2 Å². The quantitative estimate of drug-likeness (QED) is 0.220.